The van der Waals surface area contributed by atoms with Crippen molar-refractivity contribution in [2.24, 2.45) is 0 Å². The summed E-state index contributed by atoms with van der Waals surface area (Å²) in [4.78, 5) is 26.3. The third-order valence-corrected chi connectivity index (χ3v) is 5.17. The highest BCUT2D eigenvalue weighted by Gasteiger charge is 2.47. The van der Waals surface area contributed by atoms with Crippen LogP contribution in [0.2, 0.25) is 0 Å². The summed E-state index contributed by atoms with van der Waals surface area (Å²) < 4.78 is 0. The Hall–Kier alpha value is -2.43. The third-order valence-electron chi connectivity index (χ3n) is 5.17. The summed E-state index contributed by atoms with van der Waals surface area (Å²) in [6.07, 6.45) is 1.09. The van der Waals surface area contributed by atoms with Gasteiger partial charge in [0.1, 0.15) is 11.6 Å². The van der Waals surface area contributed by atoms with Crippen LogP contribution >= 0.6 is 0 Å². The predicted molar refractivity (Wildman–Crippen MR) is 98.0 cm³/mol. The van der Waals surface area contributed by atoms with Crippen molar-refractivity contribution in [3.05, 3.63) is 52.5 Å². The molecule has 2 aromatic rings. The Labute approximate surface area is 148 Å². The molecule has 3 fully saturated rings. The van der Waals surface area contributed by atoms with Crippen LogP contribution in [0.4, 0.5) is 5.82 Å². The van der Waals surface area contributed by atoms with E-state index < -0.39 is 0 Å². The predicted octanol–water partition coefficient (Wildman–Crippen LogP) is 2.81. The topological polar surface area (TPSA) is 49.3 Å². The molecule has 4 heterocycles. The van der Waals surface area contributed by atoms with Gasteiger partial charge in [-0.05, 0) is 46.2 Å². The molecule has 25 heavy (non-hydrogen) atoms. The van der Waals surface area contributed by atoms with Gasteiger partial charge in [-0.25, -0.2) is 9.97 Å². The minimum Gasteiger partial charge on any atom is -0.352 e. The number of piperazine rings is 1. The van der Waals surface area contributed by atoms with E-state index >= 15 is 0 Å². The zero-order valence-corrected chi connectivity index (χ0v) is 15.3. The van der Waals surface area contributed by atoms with E-state index in [1.807, 2.05) is 45.9 Å². The lowest BCUT2D eigenvalue weighted by atomic mass is 9.86. The summed E-state index contributed by atoms with van der Waals surface area (Å²) in [5, 5.41) is 0. The number of anilines is 1. The molecule has 5 heteroatoms. The molecule has 2 unspecified atom stereocenters. The molecule has 130 valence electrons. The van der Waals surface area contributed by atoms with Gasteiger partial charge in [0.15, 0.2) is 0 Å². The first-order chi connectivity index (χ1) is 11.9. The van der Waals surface area contributed by atoms with E-state index in [1.54, 1.807) is 0 Å². The van der Waals surface area contributed by atoms with Crippen LogP contribution in [0.1, 0.15) is 39.4 Å². The van der Waals surface area contributed by atoms with Crippen molar-refractivity contribution in [1.82, 2.24) is 14.9 Å². The number of amides is 1. The number of hydrogen-bond acceptors (Lipinski definition) is 4. The standard InChI is InChI=1S/C20H24N4O/c1-12-5-13(2)7-16(6-12)20(25)24-17-9-18(24)11-23(10-17)19-8-14(3)21-15(4)22-19/h5-8,17-18H,9-11H2,1-4H3. The molecule has 0 aliphatic carbocycles. The molecule has 1 aromatic carbocycles. The lowest BCUT2D eigenvalue weighted by Crippen LogP contribution is -2.70. The molecule has 3 saturated heterocycles. The normalized spacial score (nSPS) is 21.9. The second-order valence-electron chi connectivity index (χ2n) is 7.45. The van der Waals surface area contributed by atoms with E-state index in [0.29, 0.717) is 0 Å². The summed E-state index contributed by atoms with van der Waals surface area (Å²) in [6.45, 7) is 9.71. The number of nitrogens with zero attached hydrogens (tertiary/aromatic N) is 4. The Morgan fingerprint density at radius 3 is 2.20 bits per heavy atom. The zero-order valence-electron chi connectivity index (χ0n) is 15.3. The Kier molecular flexibility index (Phi) is 3.74. The van der Waals surface area contributed by atoms with E-state index in [0.717, 1.165) is 53.5 Å². The summed E-state index contributed by atoms with van der Waals surface area (Å²) >= 11 is 0. The highest BCUT2D eigenvalue weighted by molar-refractivity contribution is 5.96. The van der Waals surface area contributed by atoms with Crippen molar-refractivity contribution in [3.8, 4) is 0 Å². The molecule has 0 N–H and O–H groups in total. The van der Waals surface area contributed by atoms with Crippen molar-refractivity contribution >= 4 is 11.7 Å². The van der Waals surface area contributed by atoms with Crippen LogP contribution in [0.5, 0.6) is 0 Å². The number of piperidine rings is 1. The second-order valence-corrected chi connectivity index (χ2v) is 7.45. The van der Waals surface area contributed by atoms with E-state index in [9.17, 15) is 4.79 Å². The lowest BCUT2D eigenvalue weighted by Gasteiger charge is -2.56. The molecule has 3 aliphatic rings. The highest BCUT2D eigenvalue weighted by atomic mass is 16.2. The van der Waals surface area contributed by atoms with Gasteiger partial charge in [0.25, 0.3) is 5.91 Å². The van der Waals surface area contributed by atoms with Gasteiger partial charge >= 0.3 is 0 Å². The first kappa shape index (κ1) is 16.1. The summed E-state index contributed by atoms with van der Waals surface area (Å²) in [6, 6.07) is 8.70. The van der Waals surface area contributed by atoms with Gasteiger partial charge in [0.2, 0.25) is 0 Å². The molecule has 0 saturated carbocycles. The summed E-state index contributed by atoms with van der Waals surface area (Å²) in [5.74, 6) is 1.96. The second kappa shape index (κ2) is 5.83. The van der Waals surface area contributed by atoms with Crippen LogP contribution in [0.15, 0.2) is 24.3 Å². The maximum atomic E-state index is 13.0. The minimum atomic E-state index is 0.169. The van der Waals surface area contributed by atoms with Gasteiger partial charge in [-0.1, -0.05) is 17.2 Å². The van der Waals surface area contributed by atoms with Gasteiger partial charge in [0.05, 0.1) is 12.1 Å². The van der Waals surface area contributed by atoms with Gasteiger partial charge < -0.3 is 9.80 Å². The number of rotatable bonds is 2. The number of fused-ring (bicyclic) bond motifs is 2. The van der Waals surface area contributed by atoms with Crippen molar-refractivity contribution < 1.29 is 4.79 Å². The van der Waals surface area contributed by atoms with Gasteiger partial charge in [-0.2, -0.15) is 0 Å². The summed E-state index contributed by atoms with van der Waals surface area (Å²) in [5.41, 5.74) is 4.09. The van der Waals surface area contributed by atoms with Crippen LogP contribution in [0.25, 0.3) is 0 Å². The number of aryl methyl sites for hydroxylation is 4. The zero-order chi connectivity index (χ0) is 17.7. The van der Waals surface area contributed by atoms with Crippen LogP contribution in [-0.4, -0.2) is 45.9 Å². The number of carbonyl (C=O) groups excluding carboxylic acids is 1. The maximum Gasteiger partial charge on any atom is 0.254 e. The minimum absolute atomic E-state index is 0.169. The Balaban J connectivity index is 1.52. The van der Waals surface area contributed by atoms with E-state index in [1.165, 1.54) is 0 Å². The van der Waals surface area contributed by atoms with E-state index in [2.05, 4.69) is 25.8 Å². The molecule has 0 spiro atoms. The first-order valence-corrected chi connectivity index (χ1v) is 8.89. The van der Waals surface area contributed by atoms with Crippen molar-refractivity contribution in [3.63, 3.8) is 0 Å². The van der Waals surface area contributed by atoms with E-state index in [-0.39, 0.29) is 18.0 Å². The molecule has 2 atom stereocenters. The smallest absolute Gasteiger partial charge is 0.254 e. The fourth-order valence-electron chi connectivity index (χ4n) is 4.23. The van der Waals surface area contributed by atoms with Gasteiger partial charge in [0, 0.05) is 30.4 Å². The average molecular weight is 336 g/mol. The molecular weight excluding hydrogens is 312 g/mol. The van der Waals surface area contributed by atoms with Crippen molar-refractivity contribution in [2.75, 3.05) is 18.0 Å². The monoisotopic (exact) mass is 336 g/mol. The van der Waals surface area contributed by atoms with E-state index in [4.69, 9.17) is 0 Å². The van der Waals surface area contributed by atoms with Gasteiger partial charge in [-0.15, -0.1) is 0 Å². The molecule has 1 aromatic heterocycles. The number of hydrogen-bond donors (Lipinski definition) is 0. The Morgan fingerprint density at radius 1 is 0.960 bits per heavy atom. The Bertz CT molecular complexity index is 795. The van der Waals surface area contributed by atoms with Crippen LogP contribution in [0.3, 0.4) is 0 Å². The highest BCUT2D eigenvalue weighted by Crippen LogP contribution is 2.35. The Morgan fingerprint density at radius 2 is 1.60 bits per heavy atom. The SMILES string of the molecule is Cc1cc(C)cc(C(=O)N2C3CC2CN(c2cc(C)nc(C)n2)C3)c1. The fraction of sp³-hybridized carbons (Fsp3) is 0.450. The van der Waals surface area contributed by atoms with Crippen LogP contribution in [0, 0.1) is 27.7 Å². The number of aromatic nitrogens is 2. The molecule has 2 bridgehead atoms. The third kappa shape index (κ3) is 2.88. The number of benzene rings is 1. The number of carbonyl (C=O) groups is 1. The quantitative estimate of drug-likeness (QED) is 0.846. The van der Waals surface area contributed by atoms with Crippen molar-refractivity contribution in [1.29, 1.82) is 0 Å². The molecule has 1 amide bonds. The molecular formula is C20H24N4O. The first-order valence-electron chi connectivity index (χ1n) is 8.89. The summed E-state index contributed by atoms with van der Waals surface area (Å²) in [7, 11) is 0. The fourth-order valence-corrected chi connectivity index (χ4v) is 4.23. The lowest BCUT2D eigenvalue weighted by molar-refractivity contribution is 0.00573. The average Bonchev–Trinajstić information content (AvgIpc) is 2.53. The molecule has 0 radical (unpaired) electrons. The molecule has 3 aliphatic heterocycles. The van der Waals surface area contributed by atoms with Gasteiger partial charge in [-0.3, -0.25) is 4.79 Å². The largest absolute Gasteiger partial charge is 0.352 e. The maximum absolute atomic E-state index is 13.0. The molecule has 5 nitrogen and oxygen atoms in total. The van der Waals surface area contributed by atoms with Crippen LogP contribution < -0.4 is 4.90 Å². The van der Waals surface area contributed by atoms with Crippen LogP contribution in [-0.2, 0) is 0 Å². The van der Waals surface area contributed by atoms with Crippen molar-refractivity contribution in [2.45, 2.75) is 46.2 Å². The molecule has 5 rings (SSSR count).